The van der Waals surface area contributed by atoms with Gasteiger partial charge in [-0.25, -0.2) is 0 Å². The van der Waals surface area contributed by atoms with Crippen LogP contribution >= 0.6 is 0 Å². The van der Waals surface area contributed by atoms with E-state index < -0.39 is 22.9 Å². The van der Waals surface area contributed by atoms with Gasteiger partial charge in [0.2, 0.25) is 0 Å². The van der Waals surface area contributed by atoms with Gasteiger partial charge in [-0.15, -0.1) is 0 Å². The molecule has 1 fully saturated rings. The Balaban J connectivity index is 2.77. The molecule has 5 nitrogen and oxygen atoms in total. The van der Waals surface area contributed by atoms with Crippen LogP contribution in [0.5, 0.6) is 0 Å². The zero-order chi connectivity index (χ0) is 23.7. The number of ketones is 2. The lowest BCUT2D eigenvalue weighted by molar-refractivity contribution is -0.127. The maximum absolute atomic E-state index is 13.9. The molecule has 1 heterocycles. The van der Waals surface area contributed by atoms with Gasteiger partial charge in [0.25, 0.3) is 0 Å². The molecule has 2 unspecified atom stereocenters. The van der Waals surface area contributed by atoms with Gasteiger partial charge >= 0.3 is 0 Å². The Morgan fingerprint density at radius 1 is 1.19 bits per heavy atom. The third-order valence-electron chi connectivity index (χ3n) is 5.92. The molecule has 0 saturated carbocycles. The molecule has 1 saturated heterocycles. The van der Waals surface area contributed by atoms with Crippen molar-refractivity contribution in [3.63, 3.8) is 0 Å². The molecule has 0 aromatic heterocycles. The lowest BCUT2D eigenvalue weighted by atomic mass is 9.66. The molecule has 2 N–H and O–H groups in total. The van der Waals surface area contributed by atoms with Gasteiger partial charge in [-0.05, 0) is 60.3 Å². The lowest BCUT2D eigenvalue weighted by Gasteiger charge is -2.33. The highest BCUT2D eigenvalue weighted by atomic mass is 16.5. The topological polar surface area (TPSA) is 83.8 Å². The summed E-state index contributed by atoms with van der Waals surface area (Å²) in [6.07, 6.45) is 4.46. The van der Waals surface area contributed by atoms with E-state index in [-0.39, 0.29) is 35.9 Å². The van der Waals surface area contributed by atoms with Crippen LogP contribution in [0, 0.1) is 11.3 Å². The van der Waals surface area contributed by atoms with Crippen molar-refractivity contribution in [3.05, 3.63) is 46.0 Å². The van der Waals surface area contributed by atoms with Crippen molar-refractivity contribution in [2.24, 2.45) is 11.3 Å². The van der Waals surface area contributed by atoms with Crippen LogP contribution in [-0.4, -0.2) is 33.5 Å². The Labute approximate surface area is 186 Å². The van der Waals surface area contributed by atoms with Crippen molar-refractivity contribution in [2.75, 3.05) is 0 Å². The van der Waals surface area contributed by atoms with Gasteiger partial charge in [0.1, 0.15) is 23.2 Å². The minimum absolute atomic E-state index is 0.0601. The summed E-state index contributed by atoms with van der Waals surface area (Å²) in [5, 5.41) is 21.8. The number of carbonyl (C=O) groups excluding carboxylic acids is 2. The smallest absolute Gasteiger partial charge is 0.184 e. The van der Waals surface area contributed by atoms with Crippen molar-refractivity contribution in [1.82, 2.24) is 0 Å². The fourth-order valence-corrected chi connectivity index (χ4v) is 4.14. The van der Waals surface area contributed by atoms with Crippen molar-refractivity contribution in [1.29, 1.82) is 0 Å². The second-order valence-corrected chi connectivity index (χ2v) is 10.4. The maximum atomic E-state index is 13.9. The van der Waals surface area contributed by atoms with E-state index in [0.29, 0.717) is 24.2 Å². The number of hydrogen-bond acceptors (Lipinski definition) is 5. The molecule has 0 spiro atoms. The summed E-state index contributed by atoms with van der Waals surface area (Å²) in [5.74, 6) is -0.541. The SMILES string of the molecule is CC(C)=CCC1=C2OC(C(C)(C)O)CC2(CC=C(C)C)C(=O)C(C(=O)CC(C)C)=C1O. The van der Waals surface area contributed by atoms with Crippen LogP contribution in [0.25, 0.3) is 0 Å². The summed E-state index contributed by atoms with van der Waals surface area (Å²) in [5.41, 5.74) is 0.189. The molecule has 0 aromatic carbocycles. The number of allylic oxidation sites excluding steroid dienone is 7. The normalized spacial score (nSPS) is 23.7. The molecule has 5 heteroatoms. The van der Waals surface area contributed by atoms with Crippen LogP contribution in [0.3, 0.4) is 0 Å². The van der Waals surface area contributed by atoms with E-state index in [9.17, 15) is 19.8 Å². The van der Waals surface area contributed by atoms with Crippen LogP contribution < -0.4 is 0 Å². The molecular formula is C26H38O5. The Morgan fingerprint density at radius 2 is 1.77 bits per heavy atom. The van der Waals surface area contributed by atoms with E-state index in [4.69, 9.17) is 4.74 Å². The van der Waals surface area contributed by atoms with E-state index in [1.54, 1.807) is 13.8 Å². The monoisotopic (exact) mass is 430 g/mol. The predicted octanol–water partition coefficient (Wildman–Crippen LogP) is 5.51. The first-order chi connectivity index (χ1) is 14.2. The summed E-state index contributed by atoms with van der Waals surface area (Å²) in [7, 11) is 0. The number of fused-ring (bicyclic) bond motifs is 1. The van der Waals surface area contributed by atoms with Crippen molar-refractivity contribution in [2.45, 2.75) is 92.8 Å². The summed E-state index contributed by atoms with van der Waals surface area (Å²) in [4.78, 5) is 26.9. The number of Topliss-reactive ketones (excluding diaryl/α,β-unsaturated/α-hetero) is 2. The largest absolute Gasteiger partial charge is 0.507 e. The van der Waals surface area contributed by atoms with Gasteiger partial charge in [-0.3, -0.25) is 9.59 Å². The Bertz CT molecular complexity index is 868. The van der Waals surface area contributed by atoms with E-state index in [1.807, 2.05) is 53.7 Å². The highest BCUT2D eigenvalue weighted by Gasteiger charge is 2.58. The van der Waals surface area contributed by atoms with Crippen LogP contribution in [0.4, 0.5) is 0 Å². The highest BCUT2D eigenvalue weighted by molar-refractivity contribution is 6.24. The second kappa shape index (κ2) is 9.15. The number of carbonyl (C=O) groups is 2. The van der Waals surface area contributed by atoms with E-state index >= 15 is 0 Å². The molecule has 0 radical (unpaired) electrons. The average Bonchev–Trinajstić information content (AvgIpc) is 3.00. The molecule has 0 bridgehead atoms. The first-order valence-corrected chi connectivity index (χ1v) is 11.1. The quantitative estimate of drug-likeness (QED) is 0.392. The van der Waals surface area contributed by atoms with Gasteiger partial charge < -0.3 is 14.9 Å². The van der Waals surface area contributed by atoms with Crippen molar-refractivity contribution in [3.8, 4) is 0 Å². The molecule has 1 aliphatic carbocycles. The fourth-order valence-electron chi connectivity index (χ4n) is 4.14. The molecule has 172 valence electrons. The van der Waals surface area contributed by atoms with Crippen LogP contribution in [0.1, 0.15) is 81.1 Å². The van der Waals surface area contributed by atoms with Gasteiger partial charge in [-0.2, -0.15) is 0 Å². The highest BCUT2D eigenvalue weighted by Crippen LogP contribution is 2.55. The Hall–Kier alpha value is -2.14. The number of aliphatic hydroxyl groups excluding tert-OH is 1. The average molecular weight is 431 g/mol. The lowest BCUT2D eigenvalue weighted by Crippen LogP contribution is -2.40. The summed E-state index contributed by atoms with van der Waals surface area (Å²) >= 11 is 0. The molecule has 2 rings (SSSR count). The zero-order valence-corrected chi connectivity index (χ0v) is 20.3. The predicted molar refractivity (Wildman–Crippen MR) is 122 cm³/mol. The van der Waals surface area contributed by atoms with Crippen molar-refractivity contribution < 1.29 is 24.5 Å². The third kappa shape index (κ3) is 5.20. The Kier molecular flexibility index (Phi) is 7.42. The number of hydrogen-bond donors (Lipinski definition) is 2. The standard InChI is InChI=1S/C26H38O5/c1-15(2)9-10-18-22(28)21(19(27)13-17(5)6)23(29)26(12-11-16(3)4)14-20(25(7,8)30)31-24(18)26/h9,11,17,20,28,30H,10,12-14H2,1-8H3. The molecule has 2 aliphatic rings. The molecule has 31 heavy (non-hydrogen) atoms. The van der Waals surface area contributed by atoms with Gasteiger partial charge in [0, 0.05) is 18.4 Å². The first-order valence-electron chi connectivity index (χ1n) is 11.1. The number of rotatable bonds is 8. The van der Waals surface area contributed by atoms with E-state index in [1.165, 1.54) is 0 Å². The van der Waals surface area contributed by atoms with E-state index in [2.05, 4.69) is 0 Å². The second-order valence-electron chi connectivity index (χ2n) is 10.4. The molecular weight excluding hydrogens is 392 g/mol. The zero-order valence-electron chi connectivity index (χ0n) is 20.3. The van der Waals surface area contributed by atoms with Crippen LogP contribution in [-0.2, 0) is 14.3 Å². The minimum atomic E-state index is -1.18. The van der Waals surface area contributed by atoms with E-state index in [0.717, 1.165) is 11.1 Å². The molecule has 1 aliphatic heterocycles. The summed E-state index contributed by atoms with van der Waals surface area (Å²) < 4.78 is 6.21. The summed E-state index contributed by atoms with van der Waals surface area (Å²) in [6.45, 7) is 15.0. The first kappa shape index (κ1) is 25.1. The van der Waals surface area contributed by atoms with Gasteiger partial charge in [0.15, 0.2) is 11.6 Å². The van der Waals surface area contributed by atoms with Crippen molar-refractivity contribution >= 4 is 11.6 Å². The summed E-state index contributed by atoms with van der Waals surface area (Å²) in [6, 6.07) is 0. The van der Waals surface area contributed by atoms with Gasteiger partial charge in [-0.1, -0.05) is 37.1 Å². The third-order valence-corrected chi connectivity index (χ3v) is 5.92. The van der Waals surface area contributed by atoms with Gasteiger partial charge in [0.05, 0.1) is 11.0 Å². The maximum Gasteiger partial charge on any atom is 0.184 e. The Morgan fingerprint density at radius 3 is 2.26 bits per heavy atom. The van der Waals surface area contributed by atoms with Crippen LogP contribution in [0.15, 0.2) is 46.0 Å². The van der Waals surface area contributed by atoms with Crippen LogP contribution in [0.2, 0.25) is 0 Å². The molecule has 2 atom stereocenters. The fraction of sp³-hybridized carbons (Fsp3) is 0.615. The molecule has 0 aromatic rings. The number of ether oxygens (including phenoxy) is 1. The number of aliphatic hydroxyl groups is 2. The minimum Gasteiger partial charge on any atom is -0.507 e. The molecule has 0 amide bonds.